The summed E-state index contributed by atoms with van der Waals surface area (Å²) in [5, 5.41) is 10.4. The highest BCUT2D eigenvalue weighted by atomic mass is 16.2. The third-order valence-corrected chi connectivity index (χ3v) is 5.43. The highest BCUT2D eigenvalue weighted by Gasteiger charge is 2.22. The van der Waals surface area contributed by atoms with Crippen molar-refractivity contribution in [2.45, 2.75) is 25.3 Å². The molecule has 0 unspecified atom stereocenters. The van der Waals surface area contributed by atoms with E-state index in [4.69, 9.17) is 0 Å². The molecule has 0 aliphatic carbocycles. The molecular weight excluding hydrogens is 350 g/mol. The second-order valence-electron chi connectivity index (χ2n) is 7.52. The SMILES string of the molecule is Cn1cccc1-c1cc(C(=O)N[C@H]2CCCN(CCc3ccccc3)C2)[nH]n1. The van der Waals surface area contributed by atoms with E-state index in [1.54, 1.807) is 0 Å². The Bertz CT molecular complexity index is 914. The van der Waals surface area contributed by atoms with Gasteiger partial charge in [0.05, 0.1) is 5.69 Å². The van der Waals surface area contributed by atoms with Crippen LogP contribution >= 0.6 is 0 Å². The second-order valence-corrected chi connectivity index (χ2v) is 7.52. The van der Waals surface area contributed by atoms with Gasteiger partial charge in [0.25, 0.3) is 5.91 Å². The molecule has 1 amide bonds. The van der Waals surface area contributed by atoms with Gasteiger partial charge >= 0.3 is 0 Å². The van der Waals surface area contributed by atoms with Crippen LogP contribution in [0, 0.1) is 0 Å². The number of rotatable bonds is 6. The van der Waals surface area contributed by atoms with Gasteiger partial charge in [-0.3, -0.25) is 9.89 Å². The number of aromatic nitrogens is 3. The molecule has 2 aromatic heterocycles. The van der Waals surface area contributed by atoms with Gasteiger partial charge in [-0.15, -0.1) is 0 Å². The Labute approximate surface area is 165 Å². The number of nitrogens with zero attached hydrogens (tertiary/aromatic N) is 3. The number of H-pyrrole nitrogens is 1. The van der Waals surface area contributed by atoms with Crippen molar-refractivity contribution in [1.82, 2.24) is 25.0 Å². The van der Waals surface area contributed by atoms with Gasteiger partial charge in [-0.05, 0) is 49.6 Å². The van der Waals surface area contributed by atoms with E-state index in [1.807, 2.05) is 36.0 Å². The van der Waals surface area contributed by atoms with E-state index in [0.29, 0.717) is 5.69 Å². The van der Waals surface area contributed by atoms with Crippen molar-refractivity contribution in [3.63, 3.8) is 0 Å². The number of aryl methyl sites for hydroxylation is 1. The van der Waals surface area contributed by atoms with E-state index in [1.165, 1.54) is 5.56 Å². The maximum Gasteiger partial charge on any atom is 0.269 e. The number of benzene rings is 1. The second kappa shape index (κ2) is 8.44. The molecule has 6 heteroatoms. The molecule has 2 N–H and O–H groups in total. The van der Waals surface area contributed by atoms with E-state index in [0.717, 1.165) is 50.3 Å². The first-order valence-corrected chi connectivity index (χ1v) is 9.93. The zero-order valence-electron chi connectivity index (χ0n) is 16.3. The Morgan fingerprint density at radius 2 is 2.11 bits per heavy atom. The number of carbonyl (C=O) groups is 1. The van der Waals surface area contributed by atoms with E-state index >= 15 is 0 Å². The van der Waals surface area contributed by atoms with Gasteiger partial charge in [-0.2, -0.15) is 5.10 Å². The van der Waals surface area contributed by atoms with Crippen LogP contribution in [0.25, 0.3) is 11.4 Å². The average molecular weight is 377 g/mol. The minimum atomic E-state index is -0.0807. The first-order valence-electron chi connectivity index (χ1n) is 9.93. The molecule has 4 rings (SSSR count). The summed E-state index contributed by atoms with van der Waals surface area (Å²) < 4.78 is 1.99. The number of piperidine rings is 1. The summed E-state index contributed by atoms with van der Waals surface area (Å²) >= 11 is 0. The van der Waals surface area contributed by atoms with Gasteiger partial charge in [-0.25, -0.2) is 0 Å². The molecular formula is C22H27N5O. The summed E-state index contributed by atoms with van der Waals surface area (Å²) in [6, 6.07) is 16.5. The Morgan fingerprint density at radius 3 is 2.89 bits per heavy atom. The van der Waals surface area contributed by atoms with E-state index in [-0.39, 0.29) is 11.9 Å². The lowest BCUT2D eigenvalue weighted by molar-refractivity contribution is 0.0899. The molecule has 146 valence electrons. The van der Waals surface area contributed by atoms with Crippen LogP contribution in [0.2, 0.25) is 0 Å². The molecule has 1 saturated heterocycles. The van der Waals surface area contributed by atoms with E-state index in [9.17, 15) is 4.79 Å². The molecule has 1 atom stereocenters. The number of hydrogen-bond acceptors (Lipinski definition) is 3. The maximum absolute atomic E-state index is 12.7. The van der Waals surface area contributed by atoms with Crippen molar-refractivity contribution >= 4 is 5.91 Å². The fourth-order valence-corrected chi connectivity index (χ4v) is 3.87. The largest absolute Gasteiger partial charge is 0.349 e. The number of aromatic amines is 1. The van der Waals surface area contributed by atoms with Crippen molar-refractivity contribution in [2.75, 3.05) is 19.6 Å². The van der Waals surface area contributed by atoms with Crippen LogP contribution in [-0.4, -0.2) is 51.2 Å². The van der Waals surface area contributed by atoms with Gasteiger partial charge in [0.1, 0.15) is 11.4 Å². The summed E-state index contributed by atoms with van der Waals surface area (Å²) in [5.41, 5.74) is 3.64. The normalized spacial score (nSPS) is 17.5. The molecule has 0 saturated carbocycles. The minimum Gasteiger partial charge on any atom is -0.349 e. The van der Waals surface area contributed by atoms with E-state index < -0.39 is 0 Å². The van der Waals surface area contributed by atoms with Crippen molar-refractivity contribution < 1.29 is 4.79 Å². The molecule has 0 spiro atoms. The molecule has 28 heavy (non-hydrogen) atoms. The molecule has 1 aromatic carbocycles. The van der Waals surface area contributed by atoms with Crippen LogP contribution < -0.4 is 5.32 Å². The molecule has 1 aliphatic rings. The van der Waals surface area contributed by atoms with Gasteiger partial charge in [0.2, 0.25) is 0 Å². The number of hydrogen-bond donors (Lipinski definition) is 2. The first-order chi connectivity index (χ1) is 13.7. The Morgan fingerprint density at radius 1 is 1.25 bits per heavy atom. The van der Waals surface area contributed by atoms with Crippen LogP contribution in [0.1, 0.15) is 28.9 Å². The third kappa shape index (κ3) is 4.34. The summed E-state index contributed by atoms with van der Waals surface area (Å²) in [6.07, 6.45) is 5.14. The predicted molar refractivity (Wildman–Crippen MR) is 110 cm³/mol. The highest BCUT2D eigenvalue weighted by molar-refractivity contribution is 5.93. The van der Waals surface area contributed by atoms with Gasteiger partial charge in [0.15, 0.2) is 0 Å². The molecule has 0 bridgehead atoms. The van der Waals surface area contributed by atoms with Crippen molar-refractivity contribution in [1.29, 1.82) is 0 Å². The van der Waals surface area contributed by atoms with Crippen LogP contribution in [0.3, 0.4) is 0 Å². The lowest BCUT2D eigenvalue weighted by Gasteiger charge is -2.33. The number of amides is 1. The monoisotopic (exact) mass is 377 g/mol. The van der Waals surface area contributed by atoms with Gasteiger partial charge < -0.3 is 14.8 Å². The fourth-order valence-electron chi connectivity index (χ4n) is 3.87. The number of carbonyl (C=O) groups excluding carboxylic acids is 1. The summed E-state index contributed by atoms with van der Waals surface area (Å²) in [5.74, 6) is -0.0807. The van der Waals surface area contributed by atoms with Crippen LogP contribution in [0.5, 0.6) is 0 Å². The van der Waals surface area contributed by atoms with Crippen molar-refractivity contribution in [2.24, 2.45) is 7.05 Å². The molecule has 0 radical (unpaired) electrons. The highest BCUT2D eigenvalue weighted by Crippen LogP contribution is 2.18. The van der Waals surface area contributed by atoms with Gasteiger partial charge in [-0.1, -0.05) is 30.3 Å². The standard InChI is InChI=1S/C22H27N5O/c1-26-12-6-10-21(26)19-15-20(25-24-19)22(28)23-18-9-5-13-27(16-18)14-11-17-7-3-2-4-8-17/h2-4,6-8,10,12,15,18H,5,9,11,13-14,16H2,1H3,(H,23,28)(H,24,25)/t18-/m0/s1. The Hall–Kier alpha value is -2.86. The summed E-state index contributed by atoms with van der Waals surface area (Å²) in [6.45, 7) is 3.02. The molecule has 6 nitrogen and oxygen atoms in total. The van der Waals surface area contributed by atoms with Crippen LogP contribution in [0.15, 0.2) is 54.7 Å². The minimum absolute atomic E-state index is 0.0807. The Kier molecular flexibility index (Phi) is 5.58. The van der Waals surface area contributed by atoms with Crippen LogP contribution in [0.4, 0.5) is 0 Å². The smallest absolute Gasteiger partial charge is 0.269 e. The summed E-state index contributed by atoms with van der Waals surface area (Å²) in [4.78, 5) is 15.1. The third-order valence-electron chi connectivity index (χ3n) is 5.43. The molecule has 3 aromatic rings. The number of nitrogens with one attached hydrogen (secondary N) is 2. The lowest BCUT2D eigenvalue weighted by Crippen LogP contribution is -2.48. The molecule has 1 aliphatic heterocycles. The molecule has 1 fully saturated rings. The zero-order chi connectivity index (χ0) is 19.3. The topological polar surface area (TPSA) is 66.0 Å². The first kappa shape index (κ1) is 18.5. The van der Waals surface area contributed by atoms with Crippen molar-refractivity contribution in [3.8, 4) is 11.4 Å². The average Bonchev–Trinajstić information content (AvgIpc) is 3.36. The van der Waals surface area contributed by atoms with Crippen molar-refractivity contribution in [3.05, 3.63) is 66.0 Å². The number of likely N-dealkylation sites (tertiary alicyclic amines) is 1. The maximum atomic E-state index is 12.7. The van der Waals surface area contributed by atoms with Crippen LogP contribution in [-0.2, 0) is 13.5 Å². The zero-order valence-corrected chi connectivity index (χ0v) is 16.3. The molecule has 3 heterocycles. The summed E-state index contributed by atoms with van der Waals surface area (Å²) in [7, 11) is 1.97. The quantitative estimate of drug-likeness (QED) is 0.694. The fraction of sp³-hybridized carbons (Fsp3) is 0.364. The predicted octanol–water partition coefficient (Wildman–Crippen LogP) is 2.85. The lowest BCUT2D eigenvalue weighted by atomic mass is 10.0. The van der Waals surface area contributed by atoms with E-state index in [2.05, 4.69) is 50.7 Å². The van der Waals surface area contributed by atoms with Gasteiger partial charge in [0, 0.05) is 32.4 Å². The Balaban J connectivity index is 1.32.